The molecular weight excluding hydrogens is 278 g/mol. The van der Waals surface area contributed by atoms with Crippen molar-refractivity contribution >= 4 is 18.5 Å². The Labute approximate surface area is 137 Å². The summed E-state index contributed by atoms with van der Waals surface area (Å²) in [7, 11) is 0. The maximum absolute atomic E-state index is 12.5. The van der Waals surface area contributed by atoms with Gasteiger partial charge in [-0.25, -0.2) is 0 Å². The van der Waals surface area contributed by atoms with Gasteiger partial charge in [0.1, 0.15) is 0 Å². The van der Waals surface area contributed by atoms with E-state index in [4.69, 9.17) is 0 Å². The van der Waals surface area contributed by atoms with Gasteiger partial charge in [-0.15, -0.1) is 0 Å². The number of amides is 1. The Bertz CT molecular complexity index is 310. The average molecular weight is 314 g/mol. The predicted octanol–water partition coefficient (Wildman–Crippen LogP) is 4.79. The molecule has 1 atom stereocenters. The first-order valence-electron chi connectivity index (χ1n) is 8.86. The molecule has 0 spiro atoms. The van der Waals surface area contributed by atoms with Gasteiger partial charge in [0.2, 0.25) is 5.91 Å². The summed E-state index contributed by atoms with van der Waals surface area (Å²) in [6.07, 6.45) is 7.70. The van der Waals surface area contributed by atoms with Crippen LogP contribution in [0.3, 0.4) is 0 Å². The lowest BCUT2D eigenvalue weighted by atomic mass is 9.80. The second-order valence-electron chi connectivity index (χ2n) is 7.30. The minimum atomic E-state index is 0.222. The summed E-state index contributed by atoms with van der Waals surface area (Å²) in [6.45, 7) is 10.9. The first-order chi connectivity index (χ1) is 9.98. The second kappa shape index (κ2) is 9.07. The highest BCUT2D eigenvalue weighted by Gasteiger charge is 2.33. The van der Waals surface area contributed by atoms with Crippen molar-refractivity contribution in [2.24, 2.45) is 17.3 Å². The molecule has 1 unspecified atom stereocenters. The van der Waals surface area contributed by atoms with E-state index in [0.29, 0.717) is 17.7 Å². The monoisotopic (exact) mass is 313 g/mol. The van der Waals surface area contributed by atoms with Gasteiger partial charge < -0.3 is 4.90 Å². The van der Waals surface area contributed by atoms with E-state index >= 15 is 0 Å². The molecule has 3 heteroatoms. The Balaban J connectivity index is 2.75. The van der Waals surface area contributed by atoms with Gasteiger partial charge in [-0.1, -0.05) is 40.5 Å². The van der Waals surface area contributed by atoms with E-state index in [0.717, 1.165) is 31.7 Å². The van der Waals surface area contributed by atoms with Crippen molar-refractivity contribution in [3.8, 4) is 0 Å². The van der Waals surface area contributed by atoms with Crippen LogP contribution in [0.2, 0.25) is 0 Å². The number of hydrogen-bond donors (Lipinski definition) is 1. The lowest BCUT2D eigenvalue weighted by Crippen LogP contribution is -2.42. The quantitative estimate of drug-likeness (QED) is 0.639. The van der Waals surface area contributed by atoms with E-state index < -0.39 is 0 Å². The molecule has 0 aromatic heterocycles. The molecule has 0 aliphatic carbocycles. The van der Waals surface area contributed by atoms with E-state index in [1.165, 1.54) is 32.1 Å². The van der Waals surface area contributed by atoms with Crippen molar-refractivity contribution in [2.45, 2.75) is 72.6 Å². The lowest BCUT2D eigenvalue weighted by molar-refractivity contribution is -0.132. The highest BCUT2D eigenvalue weighted by Crippen LogP contribution is 2.34. The summed E-state index contributed by atoms with van der Waals surface area (Å²) in [4.78, 5) is 14.6. The van der Waals surface area contributed by atoms with Crippen molar-refractivity contribution in [2.75, 3.05) is 18.8 Å². The zero-order chi connectivity index (χ0) is 15.9. The topological polar surface area (TPSA) is 20.3 Å². The number of carbonyl (C=O) groups is 1. The fourth-order valence-corrected chi connectivity index (χ4v) is 4.26. The van der Waals surface area contributed by atoms with Crippen LogP contribution in [0.1, 0.15) is 72.6 Å². The molecule has 2 nitrogen and oxygen atoms in total. The fraction of sp³-hybridized carbons (Fsp3) is 0.944. The number of rotatable bonds is 8. The Hall–Kier alpha value is -0.180. The fourth-order valence-electron chi connectivity index (χ4n) is 3.85. The summed E-state index contributed by atoms with van der Waals surface area (Å²) in [5, 5.41) is 0. The van der Waals surface area contributed by atoms with Crippen molar-refractivity contribution in [3.63, 3.8) is 0 Å². The first kappa shape index (κ1) is 18.9. The number of thiol groups is 1. The average Bonchev–Trinajstić information content (AvgIpc) is 2.62. The Kier molecular flexibility index (Phi) is 8.15. The van der Waals surface area contributed by atoms with E-state index in [-0.39, 0.29) is 5.41 Å². The van der Waals surface area contributed by atoms with Gasteiger partial charge in [0.15, 0.2) is 0 Å². The standard InChI is InChI=1S/C18H35NOS/c1-5-10-18(14-21,11-6-2)13-19-12-9-16(15(3)4)7-8-17(19)20/h15-16,21H,5-14H2,1-4H3. The number of nitrogens with zero attached hydrogens (tertiary/aromatic N) is 1. The molecule has 1 amide bonds. The molecule has 1 aliphatic rings. The van der Waals surface area contributed by atoms with E-state index in [2.05, 4.69) is 45.2 Å². The van der Waals surface area contributed by atoms with Gasteiger partial charge in [-0.3, -0.25) is 4.79 Å². The molecule has 124 valence electrons. The minimum Gasteiger partial charge on any atom is -0.342 e. The Morgan fingerprint density at radius 1 is 1.24 bits per heavy atom. The molecule has 1 fully saturated rings. The zero-order valence-electron chi connectivity index (χ0n) is 14.5. The molecule has 21 heavy (non-hydrogen) atoms. The normalized spacial score (nSPS) is 21.0. The maximum Gasteiger partial charge on any atom is 0.222 e. The SMILES string of the molecule is CCCC(CS)(CCC)CN1CCC(C(C)C)CCC1=O. The van der Waals surface area contributed by atoms with Crippen LogP contribution in [0.15, 0.2) is 0 Å². The predicted molar refractivity (Wildman–Crippen MR) is 94.9 cm³/mol. The van der Waals surface area contributed by atoms with Gasteiger partial charge in [-0.05, 0) is 48.7 Å². The molecule has 1 rings (SSSR count). The third-order valence-electron chi connectivity index (χ3n) is 5.22. The smallest absolute Gasteiger partial charge is 0.222 e. The highest BCUT2D eigenvalue weighted by molar-refractivity contribution is 7.80. The largest absolute Gasteiger partial charge is 0.342 e. The van der Waals surface area contributed by atoms with Crippen LogP contribution in [0.4, 0.5) is 0 Å². The van der Waals surface area contributed by atoms with Crippen LogP contribution in [0.25, 0.3) is 0 Å². The Morgan fingerprint density at radius 2 is 1.86 bits per heavy atom. The molecule has 1 heterocycles. The second-order valence-corrected chi connectivity index (χ2v) is 7.62. The highest BCUT2D eigenvalue weighted by atomic mass is 32.1. The summed E-state index contributed by atoms with van der Waals surface area (Å²) in [5.74, 6) is 2.67. The van der Waals surface area contributed by atoms with Crippen LogP contribution in [-0.2, 0) is 4.79 Å². The summed E-state index contributed by atoms with van der Waals surface area (Å²) in [6, 6.07) is 0. The van der Waals surface area contributed by atoms with Crippen LogP contribution in [0.5, 0.6) is 0 Å². The van der Waals surface area contributed by atoms with Crippen molar-refractivity contribution in [1.82, 2.24) is 4.90 Å². The third kappa shape index (κ3) is 5.50. The van der Waals surface area contributed by atoms with E-state index in [1.807, 2.05) is 0 Å². The van der Waals surface area contributed by atoms with E-state index in [1.54, 1.807) is 0 Å². The lowest BCUT2D eigenvalue weighted by Gasteiger charge is -2.37. The summed E-state index contributed by atoms with van der Waals surface area (Å²) in [5.41, 5.74) is 0.222. The third-order valence-corrected chi connectivity index (χ3v) is 5.89. The van der Waals surface area contributed by atoms with Crippen LogP contribution in [0, 0.1) is 17.3 Å². The number of likely N-dealkylation sites (tertiary alicyclic amines) is 1. The number of hydrogen-bond acceptors (Lipinski definition) is 2. The molecule has 1 aliphatic heterocycles. The summed E-state index contributed by atoms with van der Waals surface area (Å²) < 4.78 is 0. The molecule has 0 radical (unpaired) electrons. The van der Waals surface area contributed by atoms with Crippen molar-refractivity contribution < 1.29 is 4.79 Å². The van der Waals surface area contributed by atoms with Gasteiger partial charge in [0, 0.05) is 19.5 Å². The van der Waals surface area contributed by atoms with Crippen molar-refractivity contribution in [1.29, 1.82) is 0 Å². The van der Waals surface area contributed by atoms with E-state index in [9.17, 15) is 4.79 Å². The van der Waals surface area contributed by atoms with Gasteiger partial charge in [0.05, 0.1) is 0 Å². The van der Waals surface area contributed by atoms with Gasteiger partial charge >= 0.3 is 0 Å². The molecular formula is C18H35NOS. The minimum absolute atomic E-state index is 0.222. The molecule has 0 aromatic rings. The van der Waals surface area contributed by atoms with Crippen LogP contribution in [-0.4, -0.2) is 29.6 Å². The van der Waals surface area contributed by atoms with Gasteiger partial charge in [-0.2, -0.15) is 12.6 Å². The zero-order valence-corrected chi connectivity index (χ0v) is 15.4. The summed E-state index contributed by atoms with van der Waals surface area (Å²) >= 11 is 4.64. The van der Waals surface area contributed by atoms with Crippen molar-refractivity contribution in [3.05, 3.63) is 0 Å². The first-order valence-corrected chi connectivity index (χ1v) is 9.50. The van der Waals surface area contributed by atoms with Crippen LogP contribution >= 0.6 is 12.6 Å². The molecule has 0 bridgehead atoms. The maximum atomic E-state index is 12.5. The molecule has 0 aromatic carbocycles. The molecule has 1 saturated heterocycles. The van der Waals surface area contributed by atoms with Crippen LogP contribution < -0.4 is 0 Å². The Morgan fingerprint density at radius 3 is 2.33 bits per heavy atom. The molecule has 0 N–H and O–H groups in total. The number of carbonyl (C=O) groups excluding carboxylic acids is 1. The van der Waals surface area contributed by atoms with Gasteiger partial charge in [0.25, 0.3) is 0 Å². The molecule has 0 saturated carbocycles.